The molecular weight excluding hydrogens is 314 g/mol. The fourth-order valence-corrected chi connectivity index (χ4v) is 3.18. The summed E-state index contributed by atoms with van der Waals surface area (Å²) in [5, 5.41) is 4.12. The van der Waals surface area contributed by atoms with Crippen molar-refractivity contribution >= 4 is 15.7 Å². The number of nitrogens with one attached hydrogen (secondary N) is 1. The Morgan fingerprint density at radius 2 is 2.05 bits per heavy atom. The van der Waals surface area contributed by atoms with E-state index in [1.54, 1.807) is 10.9 Å². The lowest BCUT2D eigenvalue weighted by Gasteiger charge is -2.25. The zero-order valence-electron chi connectivity index (χ0n) is 11.5. The van der Waals surface area contributed by atoms with E-state index in [9.17, 15) is 17.2 Å². The largest absolute Gasteiger partial charge is 0.276 e. The van der Waals surface area contributed by atoms with Gasteiger partial charge in [-0.2, -0.15) is 5.10 Å². The second-order valence-corrected chi connectivity index (χ2v) is 6.84. The molecule has 1 fully saturated rings. The summed E-state index contributed by atoms with van der Waals surface area (Å²) in [6.07, 6.45) is 5.39. The molecule has 1 aliphatic carbocycles. The van der Waals surface area contributed by atoms with Crippen LogP contribution in [0.25, 0.3) is 0 Å². The Bertz CT molecular complexity index is 772. The van der Waals surface area contributed by atoms with Crippen molar-refractivity contribution in [2.24, 2.45) is 0 Å². The van der Waals surface area contributed by atoms with Crippen LogP contribution in [0.2, 0.25) is 0 Å². The molecule has 0 aromatic carbocycles. The van der Waals surface area contributed by atoms with Crippen LogP contribution in [0.15, 0.2) is 35.7 Å². The van der Waals surface area contributed by atoms with Crippen LogP contribution in [0.4, 0.5) is 14.5 Å². The molecule has 22 heavy (non-hydrogen) atoms. The molecule has 6 nitrogen and oxygen atoms in total. The lowest BCUT2D eigenvalue weighted by atomic mass is 9.93. The highest BCUT2D eigenvalue weighted by Crippen LogP contribution is 2.31. The third-order valence-electron chi connectivity index (χ3n) is 3.60. The molecule has 0 atom stereocenters. The first-order valence-electron chi connectivity index (χ1n) is 6.76. The molecular formula is C13H14F2N4O2S. The molecule has 0 spiro atoms. The first-order chi connectivity index (χ1) is 10.5. The first kappa shape index (κ1) is 14.9. The van der Waals surface area contributed by atoms with Gasteiger partial charge in [0.05, 0.1) is 17.9 Å². The Morgan fingerprint density at radius 1 is 1.27 bits per heavy atom. The van der Waals surface area contributed by atoms with Gasteiger partial charge in [0.25, 0.3) is 16.4 Å². The highest BCUT2D eigenvalue weighted by molar-refractivity contribution is 7.92. The maximum atomic E-state index is 12.6. The van der Waals surface area contributed by atoms with Gasteiger partial charge in [-0.15, -0.1) is 0 Å². The van der Waals surface area contributed by atoms with E-state index in [0.29, 0.717) is 11.7 Å². The average Bonchev–Trinajstić information content (AvgIpc) is 2.84. The SMILES string of the molecule is O=S(=O)(Nc1cnn(C2CCC2)c1)c1cncc(C(F)F)c1. The number of alkyl halides is 2. The van der Waals surface area contributed by atoms with E-state index < -0.39 is 22.0 Å². The lowest BCUT2D eigenvalue weighted by molar-refractivity contribution is 0.150. The first-order valence-corrected chi connectivity index (χ1v) is 8.24. The topological polar surface area (TPSA) is 76.9 Å². The van der Waals surface area contributed by atoms with Gasteiger partial charge in [0.2, 0.25) is 0 Å². The van der Waals surface area contributed by atoms with Crippen molar-refractivity contribution in [3.05, 3.63) is 36.4 Å². The predicted molar refractivity (Wildman–Crippen MR) is 75.1 cm³/mol. The van der Waals surface area contributed by atoms with Gasteiger partial charge in [0.15, 0.2) is 0 Å². The lowest BCUT2D eigenvalue weighted by Crippen LogP contribution is -2.17. The summed E-state index contributed by atoms with van der Waals surface area (Å²) in [6, 6.07) is 1.22. The number of hydrogen-bond donors (Lipinski definition) is 1. The summed E-state index contributed by atoms with van der Waals surface area (Å²) < 4.78 is 53.7. The molecule has 2 aromatic rings. The Balaban J connectivity index is 1.80. The van der Waals surface area contributed by atoms with Crippen molar-refractivity contribution in [3.8, 4) is 0 Å². The second kappa shape index (κ2) is 5.64. The number of anilines is 1. The smallest absolute Gasteiger partial charge is 0.265 e. The van der Waals surface area contributed by atoms with Crippen molar-refractivity contribution < 1.29 is 17.2 Å². The van der Waals surface area contributed by atoms with Crippen LogP contribution in [-0.2, 0) is 10.0 Å². The Kier molecular flexibility index (Phi) is 3.81. The Hall–Kier alpha value is -2.03. The second-order valence-electron chi connectivity index (χ2n) is 5.15. The van der Waals surface area contributed by atoms with Gasteiger partial charge in [-0.25, -0.2) is 17.2 Å². The normalized spacial score (nSPS) is 15.8. The monoisotopic (exact) mass is 328 g/mol. The minimum Gasteiger partial charge on any atom is -0.276 e. The van der Waals surface area contributed by atoms with Crippen molar-refractivity contribution in [1.29, 1.82) is 0 Å². The van der Waals surface area contributed by atoms with Crippen molar-refractivity contribution in [2.75, 3.05) is 4.72 Å². The molecule has 118 valence electrons. The van der Waals surface area contributed by atoms with Crippen LogP contribution in [-0.4, -0.2) is 23.2 Å². The summed E-state index contributed by atoms with van der Waals surface area (Å²) in [6.45, 7) is 0. The van der Waals surface area contributed by atoms with Crippen LogP contribution >= 0.6 is 0 Å². The number of rotatable bonds is 5. The number of nitrogens with zero attached hydrogens (tertiary/aromatic N) is 3. The minimum absolute atomic E-state index is 0.300. The third kappa shape index (κ3) is 2.94. The van der Waals surface area contributed by atoms with Crippen molar-refractivity contribution in [3.63, 3.8) is 0 Å². The molecule has 0 radical (unpaired) electrons. The zero-order valence-corrected chi connectivity index (χ0v) is 12.3. The zero-order chi connectivity index (χ0) is 15.7. The maximum Gasteiger partial charge on any atom is 0.265 e. The molecule has 0 aliphatic heterocycles. The third-order valence-corrected chi connectivity index (χ3v) is 4.95. The van der Waals surface area contributed by atoms with Crippen LogP contribution in [0.3, 0.4) is 0 Å². The molecule has 3 rings (SSSR count). The van der Waals surface area contributed by atoms with E-state index in [2.05, 4.69) is 14.8 Å². The molecule has 1 N–H and O–H groups in total. The quantitative estimate of drug-likeness (QED) is 0.915. The minimum atomic E-state index is -3.97. The van der Waals surface area contributed by atoms with E-state index in [1.807, 2.05) is 0 Å². The summed E-state index contributed by atoms with van der Waals surface area (Å²) in [7, 11) is -3.97. The van der Waals surface area contributed by atoms with Gasteiger partial charge in [-0.05, 0) is 25.3 Å². The maximum absolute atomic E-state index is 12.6. The van der Waals surface area contributed by atoms with Gasteiger partial charge in [-0.3, -0.25) is 14.4 Å². The van der Waals surface area contributed by atoms with Crippen LogP contribution < -0.4 is 4.72 Å². The highest BCUT2D eigenvalue weighted by Gasteiger charge is 2.22. The van der Waals surface area contributed by atoms with Crippen LogP contribution in [0.5, 0.6) is 0 Å². The summed E-state index contributed by atoms with van der Waals surface area (Å²) in [5.41, 5.74) is -0.137. The highest BCUT2D eigenvalue weighted by atomic mass is 32.2. The Labute approximate surface area is 126 Å². The van der Waals surface area contributed by atoms with E-state index >= 15 is 0 Å². The standard InChI is InChI=1S/C13H14F2N4O2S/c14-13(15)9-4-12(7-16-5-9)22(20,21)18-10-6-17-19(8-10)11-2-1-3-11/h4-8,11,13,18H,1-3H2. The molecule has 0 unspecified atom stereocenters. The van der Waals surface area contributed by atoms with Crippen LogP contribution in [0.1, 0.15) is 37.3 Å². The summed E-state index contributed by atoms with van der Waals surface area (Å²) >= 11 is 0. The van der Waals surface area contributed by atoms with Gasteiger partial charge >= 0.3 is 0 Å². The number of pyridine rings is 1. The van der Waals surface area contributed by atoms with Crippen molar-refractivity contribution in [2.45, 2.75) is 36.6 Å². The number of halogens is 2. The molecule has 0 bridgehead atoms. The van der Waals surface area contributed by atoms with Crippen molar-refractivity contribution in [1.82, 2.24) is 14.8 Å². The van der Waals surface area contributed by atoms with Gasteiger partial charge in [-0.1, -0.05) is 0 Å². The van der Waals surface area contributed by atoms with E-state index in [-0.39, 0.29) is 4.90 Å². The van der Waals surface area contributed by atoms with Crippen LogP contribution in [0, 0.1) is 0 Å². The van der Waals surface area contributed by atoms with E-state index in [1.165, 1.54) is 6.20 Å². The fourth-order valence-electron chi connectivity index (χ4n) is 2.16. The molecule has 2 heterocycles. The summed E-state index contributed by atoms with van der Waals surface area (Å²) in [5.74, 6) is 0. The fraction of sp³-hybridized carbons (Fsp3) is 0.385. The van der Waals surface area contributed by atoms with E-state index in [4.69, 9.17) is 0 Å². The van der Waals surface area contributed by atoms with Gasteiger partial charge in [0, 0.05) is 24.2 Å². The number of aromatic nitrogens is 3. The molecule has 2 aromatic heterocycles. The molecule has 1 saturated carbocycles. The molecule has 0 saturated heterocycles. The summed E-state index contributed by atoms with van der Waals surface area (Å²) in [4.78, 5) is 3.25. The van der Waals surface area contributed by atoms with Gasteiger partial charge < -0.3 is 0 Å². The average molecular weight is 328 g/mol. The number of sulfonamides is 1. The Morgan fingerprint density at radius 3 is 2.68 bits per heavy atom. The van der Waals surface area contributed by atoms with E-state index in [0.717, 1.165) is 37.7 Å². The predicted octanol–water partition coefficient (Wildman–Crippen LogP) is 2.74. The molecule has 9 heteroatoms. The molecule has 1 aliphatic rings. The molecule has 0 amide bonds. The van der Waals surface area contributed by atoms with Gasteiger partial charge in [0.1, 0.15) is 4.90 Å². The number of hydrogen-bond acceptors (Lipinski definition) is 4.